The first-order valence-corrected chi connectivity index (χ1v) is 8.10. The van der Waals surface area contributed by atoms with E-state index in [1.165, 1.54) is 25.7 Å². The van der Waals surface area contributed by atoms with Crippen LogP contribution in [-0.2, 0) is 4.79 Å². The summed E-state index contributed by atoms with van der Waals surface area (Å²) in [5.41, 5.74) is 0. The maximum absolute atomic E-state index is 12.1. The lowest BCUT2D eigenvalue weighted by molar-refractivity contribution is -0.142. The molecule has 0 saturated heterocycles. The van der Waals surface area contributed by atoms with E-state index in [9.17, 15) is 9.59 Å². The smallest absolute Gasteiger partial charge is 0.317 e. The van der Waals surface area contributed by atoms with Crippen LogP contribution in [0, 0.1) is 29.6 Å². The van der Waals surface area contributed by atoms with Gasteiger partial charge < -0.3 is 15.3 Å². The molecule has 2 amide bonds. The third-order valence-electron chi connectivity index (χ3n) is 5.33. The highest BCUT2D eigenvalue weighted by atomic mass is 16.4. The van der Waals surface area contributed by atoms with Crippen molar-refractivity contribution in [1.82, 2.24) is 10.2 Å². The van der Waals surface area contributed by atoms with Crippen LogP contribution < -0.4 is 5.32 Å². The van der Waals surface area contributed by atoms with Crippen molar-refractivity contribution >= 4 is 12.0 Å². The number of carbonyl (C=O) groups excluding carboxylic acids is 1. The van der Waals surface area contributed by atoms with E-state index in [2.05, 4.69) is 5.32 Å². The molecule has 5 heteroatoms. The van der Waals surface area contributed by atoms with E-state index in [1.54, 1.807) is 4.90 Å². The number of nitrogens with one attached hydrogen (secondary N) is 1. The predicted octanol–water partition coefficient (Wildman–Crippen LogP) is 2.42. The van der Waals surface area contributed by atoms with Crippen molar-refractivity contribution in [2.45, 2.75) is 39.5 Å². The van der Waals surface area contributed by atoms with Crippen molar-refractivity contribution in [3.63, 3.8) is 0 Å². The third-order valence-corrected chi connectivity index (χ3v) is 5.33. The Labute approximate surface area is 127 Å². The lowest BCUT2D eigenvalue weighted by Gasteiger charge is -2.28. The highest BCUT2D eigenvalue weighted by Crippen LogP contribution is 2.48. The molecule has 0 aromatic rings. The van der Waals surface area contributed by atoms with E-state index < -0.39 is 11.9 Å². The molecule has 0 spiro atoms. The second-order valence-electron chi connectivity index (χ2n) is 7.19. The molecule has 0 radical (unpaired) electrons. The molecular formula is C16H28N2O3. The number of carboxylic acids is 1. The summed E-state index contributed by atoms with van der Waals surface area (Å²) >= 11 is 0. The second kappa shape index (κ2) is 6.67. The summed E-state index contributed by atoms with van der Waals surface area (Å²) in [7, 11) is 1.81. The van der Waals surface area contributed by atoms with Gasteiger partial charge in [-0.3, -0.25) is 4.79 Å². The van der Waals surface area contributed by atoms with Gasteiger partial charge in [0, 0.05) is 20.1 Å². The summed E-state index contributed by atoms with van der Waals surface area (Å²) in [5, 5.41) is 11.9. The first-order valence-electron chi connectivity index (χ1n) is 8.10. The summed E-state index contributed by atoms with van der Waals surface area (Å²) < 4.78 is 0. The van der Waals surface area contributed by atoms with Crippen LogP contribution in [0.15, 0.2) is 0 Å². The molecule has 0 aromatic heterocycles. The van der Waals surface area contributed by atoms with Crippen LogP contribution in [0.2, 0.25) is 0 Å². The molecule has 5 nitrogen and oxygen atoms in total. The molecule has 0 heterocycles. The van der Waals surface area contributed by atoms with Crippen LogP contribution in [0.4, 0.5) is 4.79 Å². The van der Waals surface area contributed by atoms with Gasteiger partial charge in [0.2, 0.25) is 0 Å². The van der Waals surface area contributed by atoms with Crippen LogP contribution in [0.25, 0.3) is 0 Å². The van der Waals surface area contributed by atoms with Gasteiger partial charge in [0.05, 0.1) is 5.92 Å². The number of rotatable bonds is 6. The van der Waals surface area contributed by atoms with Gasteiger partial charge in [-0.25, -0.2) is 4.79 Å². The van der Waals surface area contributed by atoms with Crippen LogP contribution >= 0.6 is 0 Å². The third kappa shape index (κ3) is 3.89. The standard InChI is InChI=1S/C16H28N2O3/c1-10(2)14(15(19)20)8-17-16(21)18(3)9-13-7-11-4-5-12(13)6-11/h10-14H,4-9H2,1-3H3,(H,17,21)(H,19,20). The van der Waals surface area contributed by atoms with Gasteiger partial charge in [0.15, 0.2) is 0 Å². The lowest BCUT2D eigenvalue weighted by Crippen LogP contribution is -2.44. The van der Waals surface area contributed by atoms with Crippen molar-refractivity contribution in [2.75, 3.05) is 20.1 Å². The van der Waals surface area contributed by atoms with Gasteiger partial charge in [0.25, 0.3) is 0 Å². The van der Waals surface area contributed by atoms with Crippen molar-refractivity contribution in [1.29, 1.82) is 0 Å². The Hall–Kier alpha value is -1.26. The molecule has 2 fully saturated rings. The van der Waals surface area contributed by atoms with Crippen LogP contribution in [0.1, 0.15) is 39.5 Å². The number of aliphatic carboxylic acids is 1. The molecule has 120 valence electrons. The first-order chi connectivity index (χ1) is 9.88. The average molecular weight is 296 g/mol. The summed E-state index contributed by atoms with van der Waals surface area (Å²) in [6.45, 7) is 4.73. The SMILES string of the molecule is CC(C)C(CNC(=O)N(C)CC1CC2CCC1C2)C(=O)O. The molecule has 2 aliphatic rings. The van der Waals surface area contributed by atoms with E-state index in [0.29, 0.717) is 5.92 Å². The van der Waals surface area contributed by atoms with Crippen LogP contribution in [0.5, 0.6) is 0 Å². The lowest BCUT2D eigenvalue weighted by atomic mass is 9.88. The molecule has 2 bridgehead atoms. The number of carboxylic acid groups (broad SMARTS) is 1. The highest BCUT2D eigenvalue weighted by Gasteiger charge is 2.40. The minimum absolute atomic E-state index is 0.0127. The van der Waals surface area contributed by atoms with E-state index in [4.69, 9.17) is 5.11 Å². The molecular weight excluding hydrogens is 268 g/mol. The summed E-state index contributed by atoms with van der Waals surface area (Å²) in [4.78, 5) is 25.0. The van der Waals surface area contributed by atoms with Crippen LogP contribution in [-0.4, -0.2) is 42.1 Å². The zero-order chi connectivity index (χ0) is 15.6. The monoisotopic (exact) mass is 296 g/mol. The van der Waals surface area contributed by atoms with Crippen molar-refractivity contribution < 1.29 is 14.7 Å². The van der Waals surface area contributed by atoms with Gasteiger partial charge in [0.1, 0.15) is 0 Å². The number of amides is 2. The molecule has 21 heavy (non-hydrogen) atoms. The fraction of sp³-hybridized carbons (Fsp3) is 0.875. The zero-order valence-electron chi connectivity index (χ0n) is 13.3. The molecule has 4 atom stereocenters. The summed E-state index contributed by atoms with van der Waals surface area (Å²) in [6, 6.07) is -0.148. The Bertz CT molecular complexity index is 397. The van der Waals surface area contributed by atoms with Gasteiger partial charge in [-0.05, 0) is 42.9 Å². The molecule has 2 rings (SSSR count). The number of carbonyl (C=O) groups is 2. The van der Waals surface area contributed by atoms with Crippen LogP contribution in [0.3, 0.4) is 0 Å². The van der Waals surface area contributed by atoms with E-state index in [-0.39, 0.29) is 18.5 Å². The molecule has 2 saturated carbocycles. The predicted molar refractivity (Wildman–Crippen MR) is 80.9 cm³/mol. The second-order valence-corrected chi connectivity index (χ2v) is 7.19. The maximum Gasteiger partial charge on any atom is 0.317 e. The van der Waals surface area contributed by atoms with Gasteiger partial charge in [-0.15, -0.1) is 0 Å². The zero-order valence-corrected chi connectivity index (χ0v) is 13.3. The number of hydrogen-bond donors (Lipinski definition) is 2. The summed E-state index contributed by atoms with van der Waals surface area (Å²) in [6.07, 6.45) is 5.28. The normalized spacial score (nSPS) is 28.7. The number of fused-ring (bicyclic) bond motifs is 2. The van der Waals surface area contributed by atoms with Gasteiger partial charge >= 0.3 is 12.0 Å². The first kappa shape index (κ1) is 16.1. The molecule has 0 aromatic carbocycles. The molecule has 0 aliphatic heterocycles. The Balaban J connectivity index is 1.76. The van der Waals surface area contributed by atoms with Crippen molar-refractivity contribution in [3.05, 3.63) is 0 Å². The topological polar surface area (TPSA) is 69.6 Å². The van der Waals surface area contributed by atoms with E-state index in [1.807, 2.05) is 20.9 Å². The Morgan fingerprint density at radius 2 is 2.00 bits per heavy atom. The van der Waals surface area contributed by atoms with Gasteiger partial charge in [-0.2, -0.15) is 0 Å². The maximum atomic E-state index is 12.1. The minimum Gasteiger partial charge on any atom is -0.481 e. The minimum atomic E-state index is -0.846. The largest absolute Gasteiger partial charge is 0.481 e. The van der Waals surface area contributed by atoms with E-state index in [0.717, 1.165) is 18.4 Å². The Morgan fingerprint density at radius 3 is 2.48 bits per heavy atom. The fourth-order valence-electron chi connectivity index (χ4n) is 3.98. The van der Waals surface area contributed by atoms with Crippen molar-refractivity contribution in [2.24, 2.45) is 29.6 Å². The van der Waals surface area contributed by atoms with Gasteiger partial charge in [-0.1, -0.05) is 20.3 Å². The average Bonchev–Trinajstić information content (AvgIpc) is 2.99. The number of nitrogens with zero attached hydrogens (tertiary/aromatic N) is 1. The Morgan fingerprint density at radius 1 is 1.29 bits per heavy atom. The summed E-state index contributed by atoms with van der Waals surface area (Å²) in [5.74, 6) is 0.964. The molecule has 2 aliphatic carbocycles. The number of hydrogen-bond acceptors (Lipinski definition) is 2. The number of urea groups is 1. The van der Waals surface area contributed by atoms with E-state index >= 15 is 0 Å². The Kier molecular flexibility index (Phi) is 5.12. The fourth-order valence-corrected chi connectivity index (χ4v) is 3.98. The molecule has 2 N–H and O–H groups in total. The quantitative estimate of drug-likeness (QED) is 0.791. The molecule has 4 unspecified atom stereocenters. The highest BCUT2D eigenvalue weighted by molar-refractivity contribution is 5.75. The van der Waals surface area contributed by atoms with Crippen molar-refractivity contribution in [3.8, 4) is 0 Å².